The van der Waals surface area contributed by atoms with Crippen molar-refractivity contribution < 1.29 is 24.2 Å². The Labute approximate surface area is 105 Å². The zero-order chi connectivity index (χ0) is 13.7. The Balaban J connectivity index is 2.97. The number of ether oxygens (including phenoxy) is 2. The summed E-state index contributed by atoms with van der Waals surface area (Å²) in [5.74, 6) is 0. The lowest BCUT2D eigenvalue weighted by atomic mass is 10.4. The molecule has 0 radical (unpaired) electrons. The van der Waals surface area contributed by atoms with Crippen molar-refractivity contribution in [3.05, 3.63) is 12.7 Å². The molecule has 0 aromatic carbocycles. The third kappa shape index (κ3) is 2.61. The minimum atomic E-state index is -1.38. The Hall–Kier alpha value is -1.64. The zero-order valence-corrected chi connectivity index (χ0v) is 10.4. The molecule has 1 fully saturated rings. The van der Waals surface area contributed by atoms with Gasteiger partial charge in [-0.3, -0.25) is 9.80 Å². The van der Waals surface area contributed by atoms with Gasteiger partial charge in [0, 0.05) is 20.8 Å². The maximum atomic E-state index is 12.0. The van der Waals surface area contributed by atoms with Crippen LogP contribution in [0.5, 0.6) is 0 Å². The van der Waals surface area contributed by atoms with Gasteiger partial charge in [0.05, 0.1) is 0 Å². The van der Waals surface area contributed by atoms with Crippen molar-refractivity contribution in [2.45, 2.75) is 6.35 Å². The summed E-state index contributed by atoms with van der Waals surface area (Å²) in [7, 11) is 2.75. The van der Waals surface area contributed by atoms with Gasteiger partial charge in [0.15, 0.2) is 0 Å². The fraction of sp³-hybridized carbons (Fsp3) is 0.600. The van der Waals surface area contributed by atoms with Gasteiger partial charge in [-0.2, -0.15) is 0 Å². The number of aliphatic hydroxyl groups excluding tert-OH is 1. The summed E-state index contributed by atoms with van der Waals surface area (Å²) in [6.07, 6.45) is 0.0726. The van der Waals surface area contributed by atoms with Crippen molar-refractivity contribution in [1.82, 2.24) is 14.7 Å². The molecule has 18 heavy (non-hydrogen) atoms. The first-order valence-electron chi connectivity index (χ1n) is 5.24. The molecule has 1 atom stereocenters. The number of rotatable bonds is 6. The Morgan fingerprint density at radius 2 is 1.78 bits per heavy atom. The van der Waals surface area contributed by atoms with E-state index in [1.54, 1.807) is 0 Å². The van der Waals surface area contributed by atoms with Crippen LogP contribution < -0.4 is 0 Å². The zero-order valence-electron chi connectivity index (χ0n) is 10.4. The minimum Gasteiger partial charge on any atom is -0.364 e. The molecule has 102 valence electrons. The van der Waals surface area contributed by atoms with E-state index in [-0.39, 0.29) is 20.0 Å². The number of carbonyl (C=O) groups excluding carboxylic acids is 2. The number of hydrogen-bond acceptors (Lipinski definition) is 5. The molecule has 4 amide bonds. The van der Waals surface area contributed by atoms with Crippen molar-refractivity contribution >= 4 is 12.1 Å². The van der Waals surface area contributed by atoms with Crippen LogP contribution in [0.15, 0.2) is 12.7 Å². The normalized spacial score (nSPS) is 20.6. The summed E-state index contributed by atoms with van der Waals surface area (Å²) in [4.78, 5) is 26.8. The van der Waals surface area contributed by atoms with Crippen molar-refractivity contribution in [3.63, 3.8) is 0 Å². The average Bonchev–Trinajstić information content (AvgIpc) is 2.35. The molecule has 0 aromatic heterocycles. The molecule has 1 rings (SSSR count). The van der Waals surface area contributed by atoms with Crippen LogP contribution in [0.25, 0.3) is 0 Å². The van der Waals surface area contributed by atoms with Crippen LogP contribution in [0.4, 0.5) is 9.59 Å². The smallest absolute Gasteiger partial charge is 0.335 e. The molecule has 1 N–H and O–H groups in total. The van der Waals surface area contributed by atoms with Crippen molar-refractivity contribution in [3.8, 4) is 0 Å². The fourth-order valence-electron chi connectivity index (χ4n) is 1.57. The number of carbonyl (C=O) groups is 2. The summed E-state index contributed by atoms with van der Waals surface area (Å²) in [5.41, 5.74) is 0. The highest BCUT2D eigenvalue weighted by Crippen LogP contribution is 2.17. The van der Waals surface area contributed by atoms with Gasteiger partial charge in [-0.1, -0.05) is 6.08 Å². The number of nitrogens with zero attached hydrogens (tertiary/aromatic N) is 3. The predicted octanol–water partition coefficient (Wildman–Crippen LogP) is -0.184. The summed E-state index contributed by atoms with van der Waals surface area (Å²) in [6.45, 7) is 3.27. The van der Waals surface area contributed by atoms with Crippen molar-refractivity contribution in [1.29, 1.82) is 0 Å². The van der Waals surface area contributed by atoms with Crippen LogP contribution in [0.2, 0.25) is 0 Å². The number of urea groups is 2. The highest BCUT2D eigenvalue weighted by atomic mass is 16.5. The first-order chi connectivity index (χ1) is 8.58. The van der Waals surface area contributed by atoms with Crippen LogP contribution in [-0.2, 0) is 9.47 Å². The number of imide groups is 1. The van der Waals surface area contributed by atoms with Gasteiger partial charge < -0.3 is 14.6 Å². The molecule has 0 bridgehead atoms. The third-order valence-electron chi connectivity index (χ3n) is 2.36. The molecule has 1 heterocycles. The number of hydrogen-bond donors (Lipinski definition) is 1. The third-order valence-corrected chi connectivity index (χ3v) is 2.36. The average molecular weight is 259 g/mol. The number of amides is 4. The van der Waals surface area contributed by atoms with Gasteiger partial charge in [-0.05, 0) is 0 Å². The van der Waals surface area contributed by atoms with E-state index in [1.165, 1.54) is 20.3 Å². The summed E-state index contributed by atoms with van der Waals surface area (Å²) >= 11 is 0. The molecule has 0 saturated carbocycles. The van der Waals surface area contributed by atoms with Gasteiger partial charge >= 0.3 is 12.1 Å². The van der Waals surface area contributed by atoms with Crippen LogP contribution in [0.3, 0.4) is 0 Å². The van der Waals surface area contributed by atoms with Crippen LogP contribution in [0, 0.1) is 0 Å². The predicted molar refractivity (Wildman–Crippen MR) is 61.1 cm³/mol. The van der Waals surface area contributed by atoms with Gasteiger partial charge in [0.25, 0.3) is 0 Å². The highest BCUT2D eigenvalue weighted by Gasteiger charge is 2.42. The van der Waals surface area contributed by atoms with Gasteiger partial charge in [-0.15, -0.1) is 6.58 Å². The monoisotopic (exact) mass is 259 g/mol. The van der Waals surface area contributed by atoms with Crippen molar-refractivity contribution in [2.75, 3.05) is 34.2 Å². The molecular weight excluding hydrogens is 242 g/mol. The van der Waals surface area contributed by atoms with E-state index in [0.717, 1.165) is 14.7 Å². The molecular formula is C10H17N3O5. The van der Waals surface area contributed by atoms with E-state index < -0.39 is 18.4 Å². The standard InChI is InChI=1S/C10H17N3O5/c1-4-5-11-8(14)12(6-17-2)10(16)13(7-18-3)9(11)15/h4,8,14H,1,5-7H2,2-3H3. The van der Waals surface area contributed by atoms with E-state index >= 15 is 0 Å². The van der Waals surface area contributed by atoms with Gasteiger partial charge in [0.2, 0.25) is 6.35 Å². The summed E-state index contributed by atoms with van der Waals surface area (Å²) in [5, 5.41) is 9.93. The van der Waals surface area contributed by atoms with Crippen LogP contribution in [-0.4, -0.2) is 72.4 Å². The Kier molecular flexibility index (Phi) is 5.08. The second kappa shape index (κ2) is 6.34. The molecule has 1 aliphatic rings. The second-order valence-corrected chi connectivity index (χ2v) is 3.59. The molecule has 1 aliphatic heterocycles. The Morgan fingerprint density at radius 1 is 1.22 bits per heavy atom. The summed E-state index contributed by atoms with van der Waals surface area (Å²) < 4.78 is 9.62. The van der Waals surface area contributed by atoms with Crippen molar-refractivity contribution in [2.24, 2.45) is 0 Å². The van der Waals surface area contributed by atoms with E-state index in [1.807, 2.05) is 0 Å². The first-order valence-corrected chi connectivity index (χ1v) is 5.24. The molecule has 8 heteroatoms. The van der Waals surface area contributed by atoms with E-state index in [4.69, 9.17) is 9.47 Å². The lowest BCUT2D eigenvalue weighted by Crippen LogP contribution is -2.66. The second-order valence-electron chi connectivity index (χ2n) is 3.59. The largest absolute Gasteiger partial charge is 0.364 e. The molecule has 0 spiro atoms. The highest BCUT2D eigenvalue weighted by molar-refractivity contribution is 5.95. The number of aliphatic hydroxyl groups is 1. The van der Waals surface area contributed by atoms with E-state index in [9.17, 15) is 14.7 Å². The minimum absolute atomic E-state index is 0.105. The first kappa shape index (κ1) is 14.4. The lowest BCUT2D eigenvalue weighted by molar-refractivity contribution is -0.125. The maximum Gasteiger partial charge on any atom is 0.335 e. The van der Waals surface area contributed by atoms with Gasteiger partial charge in [-0.25, -0.2) is 14.5 Å². The maximum absolute atomic E-state index is 12.0. The molecule has 0 aromatic rings. The Morgan fingerprint density at radius 3 is 2.28 bits per heavy atom. The van der Waals surface area contributed by atoms with Crippen LogP contribution >= 0.6 is 0 Å². The quantitative estimate of drug-likeness (QED) is 0.669. The molecule has 8 nitrogen and oxygen atoms in total. The molecule has 1 saturated heterocycles. The topological polar surface area (TPSA) is 82.6 Å². The Bertz CT molecular complexity index is 335. The fourth-order valence-corrected chi connectivity index (χ4v) is 1.57. The molecule has 1 unspecified atom stereocenters. The molecule has 0 aliphatic carbocycles. The number of methoxy groups -OCH3 is 2. The van der Waals surface area contributed by atoms with Gasteiger partial charge in [0.1, 0.15) is 13.5 Å². The van der Waals surface area contributed by atoms with E-state index in [2.05, 4.69) is 6.58 Å². The SMILES string of the molecule is C=CCN1C(=O)N(COC)C(=O)N(COC)C1O. The van der Waals surface area contributed by atoms with Crippen LogP contribution in [0.1, 0.15) is 0 Å². The lowest BCUT2D eigenvalue weighted by Gasteiger charge is -2.43. The summed E-state index contributed by atoms with van der Waals surface area (Å²) in [6, 6.07) is -1.31. The van der Waals surface area contributed by atoms with E-state index in [0.29, 0.717) is 0 Å².